The van der Waals surface area contributed by atoms with Crippen molar-refractivity contribution in [3.63, 3.8) is 0 Å². The molecular formula is C17H11ClF4N4O4. The number of carbonyl (C=O) groups is 1. The van der Waals surface area contributed by atoms with Crippen LogP contribution in [0.15, 0.2) is 40.8 Å². The lowest BCUT2D eigenvalue weighted by Crippen LogP contribution is -2.11. The highest BCUT2D eigenvalue weighted by atomic mass is 35.5. The molecule has 13 heteroatoms. The van der Waals surface area contributed by atoms with Crippen LogP contribution in [0.4, 0.5) is 28.9 Å². The molecule has 1 N–H and O–H groups in total. The zero-order valence-electron chi connectivity index (χ0n) is 14.7. The number of nitro groups is 1. The molecule has 0 saturated heterocycles. The lowest BCUT2D eigenvalue weighted by molar-refractivity contribution is -0.384. The average Bonchev–Trinajstić information content (AvgIpc) is 3.27. The van der Waals surface area contributed by atoms with Crippen molar-refractivity contribution in [2.45, 2.75) is 19.4 Å². The van der Waals surface area contributed by atoms with Crippen molar-refractivity contribution in [3.8, 4) is 0 Å². The van der Waals surface area contributed by atoms with E-state index in [1.54, 1.807) is 0 Å². The highest BCUT2D eigenvalue weighted by Gasteiger charge is 2.28. The van der Waals surface area contributed by atoms with E-state index in [0.717, 1.165) is 0 Å². The lowest BCUT2D eigenvalue weighted by atomic mass is 10.3. The first-order valence-electron chi connectivity index (χ1n) is 8.14. The third kappa shape index (κ3) is 4.43. The van der Waals surface area contributed by atoms with E-state index < -0.39 is 46.6 Å². The zero-order valence-corrected chi connectivity index (χ0v) is 15.4. The molecule has 0 bridgehead atoms. The van der Waals surface area contributed by atoms with Crippen LogP contribution >= 0.6 is 11.6 Å². The molecule has 0 aliphatic carbocycles. The third-order valence-corrected chi connectivity index (χ3v) is 4.28. The maximum Gasteiger partial charge on any atom is 0.291 e. The molecule has 0 atom stereocenters. The van der Waals surface area contributed by atoms with Gasteiger partial charge >= 0.3 is 0 Å². The van der Waals surface area contributed by atoms with Gasteiger partial charge in [-0.3, -0.25) is 19.6 Å². The number of carbonyl (C=O) groups excluding carboxylic acids is 1. The number of hydrogen-bond donors (Lipinski definition) is 1. The minimum absolute atomic E-state index is 0.00858. The van der Waals surface area contributed by atoms with Crippen molar-refractivity contribution in [3.05, 3.63) is 74.4 Å². The predicted octanol–water partition coefficient (Wildman–Crippen LogP) is 5.21. The number of amides is 1. The molecule has 0 unspecified atom stereocenters. The molecule has 2 heterocycles. The van der Waals surface area contributed by atoms with Gasteiger partial charge in [0.15, 0.2) is 5.76 Å². The summed E-state index contributed by atoms with van der Waals surface area (Å²) in [7, 11) is 0. The largest absolute Gasteiger partial charge is 0.454 e. The van der Waals surface area contributed by atoms with Crippen molar-refractivity contribution >= 4 is 28.9 Å². The van der Waals surface area contributed by atoms with Gasteiger partial charge in [0.2, 0.25) is 0 Å². The molecule has 2 aromatic heterocycles. The summed E-state index contributed by atoms with van der Waals surface area (Å²) in [6.07, 6.45) is -6.30. The maximum absolute atomic E-state index is 13.2. The maximum atomic E-state index is 13.2. The van der Waals surface area contributed by atoms with E-state index in [2.05, 4.69) is 10.4 Å². The van der Waals surface area contributed by atoms with Crippen LogP contribution in [0.25, 0.3) is 0 Å². The molecule has 3 rings (SSSR count). The molecule has 0 aliphatic rings. The molecule has 158 valence electrons. The van der Waals surface area contributed by atoms with Crippen LogP contribution in [0.2, 0.25) is 5.02 Å². The number of nitrogens with one attached hydrogen (secondary N) is 1. The normalized spacial score (nSPS) is 11.3. The Hall–Kier alpha value is -3.41. The monoisotopic (exact) mass is 446 g/mol. The van der Waals surface area contributed by atoms with Gasteiger partial charge in [-0.2, -0.15) is 5.10 Å². The number of rotatable bonds is 7. The second kappa shape index (κ2) is 8.53. The number of hydrogen-bond acceptors (Lipinski definition) is 5. The van der Waals surface area contributed by atoms with Crippen LogP contribution in [-0.4, -0.2) is 20.6 Å². The van der Waals surface area contributed by atoms with Gasteiger partial charge in [-0.1, -0.05) is 11.6 Å². The molecule has 0 fully saturated rings. The summed E-state index contributed by atoms with van der Waals surface area (Å²) >= 11 is 5.58. The summed E-state index contributed by atoms with van der Waals surface area (Å²) in [5, 5.41) is 15.7. The highest BCUT2D eigenvalue weighted by Crippen LogP contribution is 2.35. The summed E-state index contributed by atoms with van der Waals surface area (Å²) in [5.41, 5.74) is -1.77. The van der Waals surface area contributed by atoms with Crippen molar-refractivity contribution < 1.29 is 31.7 Å². The third-order valence-electron chi connectivity index (χ3n) is 3.90. The summed E-state index contributed by atoms with van der Waals surface area (Å²) in [6, 6.07) is 7.54. The smallest absolute Gasteiger partial charge is 0.291 e. The molecular weight excluding hydrogens is 436 g/mol. The number of furan rings is 1. The van der Waals surface area contributed by atoms with E-state index in [4.69, 9.17) is 16.0 Å². The van der Waals surface area contributed by atoms with E-state index in [1.807, 2.05) is 0 Å². The Bertz CT molecular complexity index is 1080. The first-order chi connectivity index (χ1) is 14.2. The van der Waals surface area contributed by atoms with Gasteiger partial charge < -0.3 is 9.73 Å². The highest BCUT2D eigenvalue weighted by molar-refractivity contribution is 6.32. The number of nitrogens with zero attached hydrogens (tertiary/aromatic N) is 3. The topological polar surface area (TPSA) is 103 Å². The quantitative estimate of drug-likeness (QED) is 0.305. The number of alkyl halides is 4. The minimum atomic E-state index is -3.16. The molecule has 1 aromatic carbocycles. The van der Waals surface area contributed by atoms with Crippen LogP contribution in [0.3, 0.4) is 0 Å². The number of nitro benzene ring substituents is 1. The Morgan fingerprint density at radius 2 is 1.83 bits per heavy atom. The van der Waals surface area contributed by atoms with E-state index >= 15 is 0 Å². The Morgan fingerprint density at radius 3 is 2.40 bits per heavy atom. The van der Waals surface area contributed by atoms with E-state index in [-0.39, 0.29) is 22.9 Å². The molecule has 30 heavy (non-hydrogen) atoms. The standard InChI is InChI=1S/C17H11ClF4N4O4/c18-12-13(15(19)20)24-25(14(12)16(21)22)7-10-5-6-11(30-10)17(27)23-8-1-3-9(4-2-8)26(28)29/h1-6,15-16H,7H2,(H,23,27). The fourth-order valence-electron chi connectivity index (χ4n) is 2.53. The molecule has 3 aromatic rings. The van der Waals surface area contributed by atoms with Crippen molar-refractivity contribution in [1.29, 1.82) is 0 Å². The first kappa shape index (κ1) is 21.3. The second-order valence-corrected chi connectivity index (χ2v) is 6.25. The summed E-state index contributed by atoms with van der Waals surface area (Å²) in [6.45, 7) is -0.461. The minimum Gasteiger partial charge on any atom is -0.454 e. The van der Waals surface area contributed by atoms with Gasteiger partial charge in [0.05, 0.1) is 16.5 Å². The lowest BCUT2D eigenvalue weighted by Gasteiger charge is -2.05. The van der Waals surface area contributed by atoms with Gasteiger partial charge in [0.1, 0.15) is 17.1 Å². The first-order valence-corrected chi connectivity index (χ1v) is 8.52. The van der Waals surface area contributed by atoms with Gasteiger partial charge in [-0.15, -0.1) is 0 Å². The van der Waals surface area contributed by atoms with Gasteiger partial charge in [-0.25, -0.2) is 17.6 Å². The Kier molecular flexibility index (Phi) is 6.06. The number of aromatic nitrogens is 2. The Balaban J connectivity index is 1.76. The fourth-order valence-corrected chi connectivity index (χ4v) is 2.83. The average molecular weight is 447 g/mol. The van der Waals surface area contributed by atoms with E-state index in [0.29, 0.717) is 4.68 Å². The van der Waals surface area contributed by atoms with Gasteiger partial charge in [-0.05, 0) is 24.3 Å². The number of benzene rings is 1. The van der Waals surface area contributed by atoms with Crippen LogP contribution in [-0.2, 0) is 6.54 Å². The van der Waals surface area contributed by atoms with Crippen LogP contribution in [0.5, 0.6) is 0 Å². The molecule has 0 spiro atoms. The zero-order chi connectivity index (χ0) is 22.0. The number of halogens is 5. The van der Waals surface area contributed by atoms with E-state index in [1.165, 1.54) is 36.4 Å². The van der Waals surface area contributed by atoms with Gasteiger partial charge in [0.25, 0.3) is 24.4 Å². The number of non-ortho nitro benzene ring substituents is 1. The van der Waals surface area contributed by atoms with Crippen LogP contribution in [0.1, 0.15) is 40.6 Å². The van der Waals surface area contributed by atoms with Crippen molar-refractivity contribution in [1.82, 2.24) is 9.78 Å². The molecule has 8 nitrogen and oxygen atoms in total. The van der Waals surface area contributed by atoms with Crippen molar-refractivity contribution in [2.75, 3.05) is 5.32 Å². The molecule has 0 saturated carbocycles. The molecule has 1 amide bonds. The van der Waals surface area contributed by atoms with Crippen molar-refractivity contribution in [2.24, 2.45) is 0 Å². The fraction of sp³-hybridized carbons (Fsp3) is 0.176. The Labute approximate surface area is 170 Å². The SMILES string of the molecule is O=C(Nc1ccc([N+](=O)[O-])cc1)c1ccc(Cn2nc(C(F)F)c(Cl)c2C(F)F)o1. The molecule has 0 radical (unpaired) electrons. The summed E-state index contributed by atoms with van der Waals surface area (Å²) < 4.78 is 58.0. The number of anilines is 1. The van der Waals surface area contributed by atoms with Crippen LogP contribution in [0, 0.1) is 10.1 Å². The van der Waals surface area contributed by atoms with E-state index in [9.17, 15) is 32.5 Å². The Morgan fingerprint density at radius 1 is 1.17 bits per heavy atom. The predicted molar refractivity (Wildman–Crippen MR) is 96.0 cm³/mol. The van der Waals surface area contributed by atoms with Crippen LogP contribution < -0.4 is 5.32 Å². The molecule has 0 aliphatic heterocycles. The summed E-state index contributed by atoms with van der Waals surface area (Å²) in [4.78, 5) is 22.3. The summed E-state index contributed by atoms with van der Waals surface area (Å²) in [5.74, 6) is -0.920. The second-order valence-electron chi connectivity index (χ2n) is 5.87. The van der Waals surface area contributed by atoms with Gasteiger partial charge in [0, 0.05) is 17.8 Å².